The lowest BCUT2D eigenvalue weighted by atomic mass is 10.0. The van der Waals surface area contributed by atoms with Crippen molar-refractivity contribution in [2.75, 3.05) is 32.8 Å². The quantitative estimate of drug-likeness (QED) is 0.656. The van der Waals surface area contributed by atoms with Gasteiger partial charge in [-0.05, 0) is 43.0 Å². The number of hydrogen-bond donors (Lipinski definition) is 1. The number of amides is 2. The third-order valence-corrected chi connectivity index (χ3v) is 6.37. The highest BCUT2D eigenvalue weighted by atomic mass is 19.4. The van der Waals surface area contributed by atoms with Crippen LogP contribution >= 0.6 is 0 Å². The number of carbonyl (C=O) groups excluding carboxylic acids is 2. The predicted molar refractivity (Wildman–Crippen MR) is 115 cm³/mol. The number of aromatic amines is 1. The SMILES string of the molecule is Cc1c(Cc2ccc(F)c(C(=O)N3CCN(C4CCCOC4)C(=O)C3)c2)n[nH]c(=O)c1C(F)(F)F. The predicted octanol–water partition coefficient (Wildman–Crippen LogP) is 2.29. The number of H-pyrrole nitrogens is 1. The molecule has 2 aliphatic rings. The molecule has 1 unspecified atom stereocenters. The summed E-state index contributed by atoms with van der Waals surface area (Å²) in [6, 6.07) is 3.58. The van der Waals surface area contributed by atoms with E-state index in [0.717, 1.165) is 25.8 Å². The van der Waals surface area contributed by atoms with Gasteiger partial charge in [0.25, 0.3) is 11.5 Å². The molecule has 35 heavy (non-hydrogen) atoms. The Balaban J connectivity index is 1.52. The van der Waals surface area contributed by atoms with Crippen molar-refractivity contribution >= 4 is 11.8 Å². The fourth-order valence-electron chi connectivity index (χ4n) is 4.51. The summed E-state index contributed by atoms with van der Waals surface area (Å²) in [6.45, 7) is 2.57. The molecule has 1 aromatic carbocycles. The van der Waals surface area contributed by atoms with Gasteiger partial charge in [0.15, 0.2) is 0 Å². The summed E-state index contributed by atoms with van der Waals surface area (Å²) >= 11 is 0. The molecule has 2 aromatic rings. The van der Waals surface area contributed by atoms with Crippen molar-refractivity contribution in [1.29, 1.82) is 0 Å². The lowest BCUT2D eigenvalue weighted by Crippen LogP contribution is -2.57. The van der Waals surface area contributed by atoms with Crippen LogP contribution in [0.15, 0.2) is 23.0 Å². The van der Waals surface area contributed by atoms with Crippen LogP contribution < -0.4 is 5.56 Å². The van der Waals surface area contributed by atoms with E-state index in [1.54, 1.807) is 4.90 Å². The fraction of sp³-hybridized carbons (Fsp3) is 0.478. The minimum Gasteiger partial charge on any atom is -0.379 e. The number of hydrogen-bond acceptors (Lipinski definition) is 5. The number of alkyl halides is 3. The molecule has 1 aromatic heterocycles. The Labute approximate surface area is 197 Å². The van der Waals surface area contributed by atoms with E-state index >= 15 is 0 Å². The molecule has 1 N–H and O–H groups in total. The number of rotatable bonds is 4. The van der Waals surface area contributed by atoms with E-state index < -0.39 is 29.0 Å². The molecule has 0 bridgehead atoms. The zero-order valence-electron chi connectivity index (χ0n) is 19.0. The van der Waals surface area contributed by atoms with Crippen molar-refractivity contribution in [1.82, 2.24) is 20.0 Å². The highest BCUT2D eigenvalue weighted by molar-refractivity contribution is 5.97. The molecule has 2 aliphatic heterocycles. The van der Waals surface area contributed by atoms with Gasteiger partial charge >= 0.3 is 6.18 Å². The van der Waals surface area contributed by atoms with Crippen molar-refractivity contribution in [2.24, 2.45) is 0 Å². The van der Waals surface area contributed by atoms with Gasteiger partial charge in [-0.25, -0.2) is 9.49 Å². The Morgan fingerprint density at radius 2 is 2.03 bits per heavy atom. The largest absolute Gasteiger partial charge is 0.422 e. The Bertz CT molecular complexity index is 1190. The molecule has 12 heteroatoms. The van der Waals surface area contributed by atoms with Crippen LogP contribution in [0.3, 0.4) is 0 Å². The van der Waals surface area contributed by atoms with Crippen LogP contribution in [0.2, 0.25) is 0 Å². The Hall–Kier alpha value is -3.28. The zero-order valence-corrected chi connectivity index (χ0v) is 19.0. The van der Waals surface area contributed by atoms with Gasteiger partial charge in [-0.3, -0.25) is 14.4 Å². The van der Waals surface area contributed by atoms with Crippen LogP contribution in [-0.2, 0) is 22.1 Å². The van der Waals surface area contributed by atoms with Crippen molar-refractivity contribution in [3.8, 4) is 0 Å². The number of piperazine rings is 1. The Kier molecular flexibility index (Phi) is 6.93. The number of aromatic nitrogens is 2. The highest BCUT2D eigenvalue weighted by Gasteiger charge is 2.37. The summed E-state index contributed by atoms with van der Waals surface area (Å²) in [5, 5.41) is 5.56. The molecule has 0 radical (unpaired) electrons. The summed E-state index contributed by atoms with van der Waals surface area (Å²) < 4.78 is 59.7. The van der Waals surface area contributed by atoms with Crippen LogP contribution in [0.5, 0.6) is 0 Å². The number of ether oxygens (including phenoxy) is 1. The van der Waals surface area contributed by atoms with E-state index in [4.69, 9.17) is 4.74 Å². The van der Waals surface area contributed by atoms with Crippen molar-refractivity contribution < 1.29 is 31.9 Å². The molecule has 2 saturated heterocycles. The molecule has 8 nitrogen and oxygen atoms in total. The first-order valence-electron chi connectivity index (χ1n) is 11.2. The standard InChI is InChI=1S/C23H24F4N4O4/c1-13-18(28-29-21(33)20(13)23(25,26)27)10-14-4-5-17(24)16(9-14)22(34)30-6-7-31(19(32)11-30)15-3-2-8-35-12-15/h4-5,9,15H,2-3,6-8,10-12H2,1H3,(H,29,33). The summed E-state index contributed by atoms with van der Waals surface area (Å²) in [4.78, 5) is 40.3. The average Bonchev–Trinajstić information content (AvgIpc) is 2.81. The number of benzene rings is 1. The number of nitrogens with one attached hydrogen (secondary N) is 1. The van der Waals surface area contributed by atoms with E-state index in [1.165, 1.54) is 17.0 Å². The van der Waals surface area contributed by atoms with Gasteiger partial charge < -0.3 is 14.5 Å². The summed E-state index contributed by atoms with van der Waals surface area (Å²) in [6.07, 6.45) is -3.35. The minimum absolute atomic E-state index is 0.0387. The van der Waals surface area contributed by atoms with Gasteiger partial charge in [0.2, 0.25) is 5.91 Å². The van der Waals surface area contributed by atoms with E-state index in [-0.39, 0.29) is 48.3 Å². The van der Waals surface area contributed by atoms with Crippen molar-refractivity contribution in [3.05, 3.63) is 62.3 Å². The Morgan fingerprint density at radius 1 is 1.26 bits per heavy atom. The third kappa shape index (κ3) is 5.21. The molecule has 1 atom stereocenters. The second kappa shape index (κ2) is 9.76. The van der Waals surface area contributed by atoms with E-state index in [1.807, 2.05) is 5.10 Å². The summed E-state index contributed by atoms with van der Waals surface area (Å²) in [7, 11) is 0. The van der Waals surface area contributed by atoms with Gasteiger partial charge in [0.1, 0.15) is 17.9 Å². The summed E-state index contributed by atoms with van der Waals surface area (Å²) in [5.74, 6) is -1.74. The van der Waals surface area contributed by atoms with E-state index in [9.17, 15) is 31.9 Å². The molecule has 3 heterocycles. The topological polar surface area (TPSA) is 95.6 Å². The third-order valence-electron chi connectivity index (χ3n) is 6.37. The molecule has 2 fully saturated rings. The molecule has 188 valence electrons. The van der Waals surface area contributed by atoms with Crippen LogP contribution in [0, 0.1) is 12.7 Å². The number of halogens is 4. The zero-order chi connectivity index (χ0) is 25.3. The summed E-state index contributed by atoms with van der Waals surface area (Å²) in [5.41, 5.74) is -3.05. The monoisotopic (exact) mass is 496 g/mol. The maximum atomic E-state index is 14.6. The fourth-order valence-corrected chi connectivity index (χ4v) is 4.51. The second-order valence-electron chi connectivity index (χ2n) is 8.67. The van der Waals surface area contributed by atoms with E-state index in [2.05, 4.69) is 5.10 Å². The maximum Gasteiger partial charge on any atom is 0.422 e. The number of nitrogens with zero attached hydrogens (tertiary/aromatic N) is 3. The molecular weight excluding hydrogens is 472 g/mol. The molecular formula is C23H24F4N4O4. The lowest BCUT2D eigenvalue weighted by Gasteiger charge is -2.40. The molecule has 2 amide bonds. The minimum atomic E-state index is -4.86. The van der Waals surface area contributed by atoms with E-state index in [0.29, 0.717) is 25.3 Å². The van der Waals surface area contributed by atoms with Gasteiger partial charge in [-0.2, -0.15) is 18.3 Å². The van der Waals surface area contributed by atoms with Gasteiger partial charge in [0, 0.05) is 26.1 Å². The van der Waals surface area contributed by atoms with Gasteiger partial charge in [-0.15, -0.1) is 0 Å². The average molecular weight is 496 g/mol. The normalized spacial score (nSPS) is 19.2. The van der Waals surface area contributed by atoms with Crippen LogP contribution in [-0.4, -0.2) is 70.7 Å². The van der Waals surface area contributed by atoms with Crippen molar-refractivity contribution in [3.63, 3.8) is 0 Å². The number of carbonyl (C=O) groups is 2. The Morgan fingerprint density at radius 3 is 2.69 bits per heavy atom. The van der Waals surface area contributed by atoms with Gasteiger partial charge in [0.05, 0.1) is 23.9 Å². The second-order valence-corrected chi connectivity index (χ2v) is 8.67. The van der Waals surface area contributed by atoms with Crippen molar-refractivity contribution in [2.45, 2.75) is 38.4 Å². The van der Waals surface area contributed by atoms with Crippen LogP contribution in [0.25, 0.3) is 0 Å². The van der Waals surface area contributed by atoms with Crippen LogP contribution in [0.4, 0.5) is 17.6 Å². The first-order valence-corrected chi connectivity index (χ1v) is 11.2. The van der Waals surface area contributed by atoms with Gasteiger partial charge in [-0.1, -0.05) is 6.07 Å². The molecule has 0 spiro atoms. The smallest absolute Gasteiger partial charge is 0.379 e. The molecule has 0 saturated carbocycles. The first kappa shape index (κ1) is 24.8. The van der Waals surface area contributed by atoms with Crippen LogP contribution in [0.1, 0.15) is 45.6 Å². The molecule has 0 aliphatic carbocycles. The first-order chi connectivity index (χ1) is 16.6. The molecule has 4 rings (SSSR count). The maximum absolute atomic E-state index is 14.6. The highest BCUT2D eigenvalue weighted by Crippen LogP contribution is 2.30. The lowest BCUT2D eigenvalue weighted by molar-refractivity contribution is -0.141.